The topological polar surface area (TPSA) is 90.8 Å². The summed E-state index contributed by atoms with van der Waals surface area (Å²) >= 11 is 0. The summed E-state index contributed by atoms with van der Waals surface area (Å²) in [6, 6.07) is 13.5. The van der Waals surface area contributed by atoms with Crippen molar-refractivity contribution in [3.8, 4) is 5.75 Å². The van der Waals surface area contributed by atoms with Crippen LogP contribution in [0.4, 0.5) is 11.4 Å². The molecule has 0 bridgehead atoms. The summed E-state index contributed by atoms with van der Waals surface area (Å²) in [7, 11) is 0. The van der Waals surface area contributed by atoms with E-state index in [1.807, 2.05) is 30.3 Å². The van der Waals surface area contributed by atoms with Gasteiger partial charge in [0.25, 0.3) is 5.69 Å². The highest BCUT2D eigenvalue weighted by Crippen LogP contribution is 2.24. The van der Waals surface area contributed by atoms with E-state index in [1.54, 1.807) is 6.92 Å². The van der Waals surface area contributed by atoms with Crippen LogP contribution in [0.25, 0.3) is 0 Å². The van der Waals surface area contributed by atoms with Crippen LogP contribution in [-0.2, 0) is 0 Å². The van der Waals surface area contributed by atoms with E-state index in [9.17, 15) is 10.1 Å². The molecule has 20 heavy (non-hydrogen) atoms. The Morgan fingerprint density at radius 3 is 2.60 bits per heavy atom. The third-order valence-corrected chi connectivity index (χ3v) is 2.60. The summed E-state index contributed by atoms with van der Waals surface area (Å²) in [5.41, 5.74) is 7.27. The van der Waals surface area contributed by atoms with Crippen molar-refractivity contribution < 1.29 is 9.76 Å². The molecule has 0 heterocycles. The van der Waals surface area contributed by atoms with Gasteiger partial charge in [0, 0.05) is 17.8 Å². The Balaban J connectivity index is 2.20. The van der Waals surface area contributed by atoms with Crippen molar-refractivity contribution in [3.63, 3.8) is 0 Å². The molecule has 0 spiro atoms. The number of nitrogen functional groups attached to an aromatic ring is 1. The molecule has 2 N–H and O–H groups in total. The second kappa shape index (κ2) is 5.83. The third kappa shape index (κ3) is 3.32. The van der Waals surface area contributed by atoms with E-state index in [4.69, 9.17) is 10.6 Å². The SMILES string of the molecule is CC(=NOc1cc(N)cc([N+](=O)[O-])c1)c1ccccc1. The maximum absolute atomic E-state index is 10.7. The van der Waals surface area contributed by atoms with Crippen LogP contribution in [0.3, 0.4) is 0 Å². The smallest absolute Gasteiger partial charge is 0.275 e. The maximum atomic E-state index is 10.7. The Morgan fingerprint density at radius 2 is 1.95 bits per heavy atom. The molecule has 0 saturated heterocycles. The summed E-state index contributed by atoms with van der Waals surface area (Å²) in [6.07, 6.45) is 0. The predicted octanol–water partition coefficient (Wildman–Crippen LogP) is 2.98. The minimum absolute atomic E-state index is 0.132. The number of non-ortho nitro benzene ring substituents is 1. The molecule has 0 saturated carbocycles. The van der Waals surface area contributed by atoms with Crippen molar-refractivity contribution in [3.05, 3.63) is 64.2 Å². The van der Waals surface area contributed by atoms with Gasteiger partial charge in [-0.1, -0.05) is 35.5 Å². The second-order valence-corrected chi connectivity index (χ2v) is 4.15. The number of anilines is 1. The first-order valence-corrected chi connectivity index (χ1v) is 5.88. The normalized spacial score (nSPS) is 11.2. The number of nitro groups is 1. The predicted molar refractivity (Wildman–Crippen MR) is 76.8 cm³/mol. The first-order chi connectivity index (χ1) is 9.56. The highest BCUT2D eigenvalue weighted by atomic mass is 16.6. The van der Waals surface area contributed by atoms with Crippen LogP contribution in [0.5, 0.6) is 5.75 Å². The number of benzene rings is 2. The van der Waals surface area contributed by atoms with E-state index in [2.05, 4.69) is 5.16 Å². The van der Waals surface area contributed by atoms with Crippen LogP contribution in [0.15, 0.2) is 53.7 Å². The van der Waals surface area contributed by atoms with Crippen LogP contribution in [-0.4, -0.2) is 10.6 Å². The van der Waals surface area contributed by atoms with Crippen molar-refractivity contribution >= 4 is 17.1 Å². The van der Waals surface area contributed by atoms with Gasteiger partial charge in [-0.25, -0.2) is 0 Å². The Bertz CT molecular complexity index is 654. The van der Waals surface area contributed by atoms with E-state index in [-0.39, 0.29) is 17.1 Å². The molecule has 0 aromatic heterocycles. The second-order valence-electron chi connectivity index (χ2n) is 4.15. The van der Waals surface area contributed by atoms with Gasteiger partial charge in [-0.2, -0.15) is 0 Å². The lowest BCUT2D eigenvalue weighted by Gasteiger charge is -2.03. The molecular weight excluding hydrogens is 258 g/mol. The quantitative estimate of drug-likeness (QED) is 0.400. The zero-order valence-corrected chi connectivity index (χ0v) is 10.8. The van der Waals surface area contributed by atoms with Gasteiger partial charge in [0.05, 0.1) is 16.7 Å². The monoisotopic (exact) mass is 271 g/mol. The van der Waals surface area contributed by atoms with Crippen LogP contribution < -0.4 is 10.6 Å². The van der Waals surface area contributed by atoms with E-state index in [0.717, 1.165) is 5.56 Å². The highest BCUT2D eigenvalue weighted by molar-refractivity contribution is 5.98. The fourth-order valence-corrected chi connectivity index (χ4v) is 1.62. The first kappa shape index (κ1) is 13.5. The van der Waals surface area contributed by atoms with Gasteiger partial charge in [-0.05, 0) is 12.5 Å². The molecule has 0 aliphatic carbocycles. The molecule has 102 valence electrons. The van der Waals surface area contributed by atoms with Crippen LogP contribution >= 0.6 is 0 Å². The first-order valence-electron chi connectivity index (χ1n) is 5.88. The van der Waals surface area contributed by atoms with E-state index >= 15 is 0 Å². The van der Waals surface area contributed by atoms with Crippen LogP contribution in [0, 0.1) is 10.1 Å². The van der Waals surface area contributed by atoms with Gasteiger partial charge >= 0.3 is 0 Å². The number of rotatable bonds is 4. The summed E-state index contributed by atoms with van der Waals surface area (Å²) in [5, 5.41) is 14.7. The molecule has 0 aliphatic heterocycles. The maximum Gasteiger partial charge on any atom is 0.275 e. The summed E-state index contributed by atoms with van der Waals surface area (Å²) < 4.78 is 0. The number of hydrogen-bond acceptors (Lipinski definition) is 5. The zero-order valence-electron chi connectivity index (χ0n) is 10.8. The van der Waals surface area contributed by atoms with Gasteiger partial charge < -0.3 is 10.6 Å². The number of hydrogen-bond donors (Lipinski definition) is 1. The Kier molecular flexibility index (Phi) is 3.95. The highest BCUT2D eigenvalue weighted by Gasteiger charge is 2.09. The molecule has 0 fully saturated rings. The van der Waals surface area contributed by atoms with Gasteiger partial charge in [0.1, 0.15) is 0 Å². The molecule has 6 nitrogen and oxygen atoms in total. The Labute approximate surface area is 115 Å². The van der Waals surface area contributed by atoms with Crippen molar-refractivity contribution in [2.24, 2.45) is 5.16 Å². The van der Waals surface area contributed by atoms with Gasteiger partial charge in [-0.15, -0.1) is 0 Å². The van der Waals surface area contributed by atoms with E-state index < -0.39 is 4.92 Å². The van der Waals surface area contributed by atoms with Crippen molar-refractivity contribution in [2.75, 3.05) is 5.73 Å². The lowest BCUT2D eigenvalue weighted by molar-refractivity contribution is -0.384. The van der Waals surface area contributed by atoms with Gasteiger partial charge in [0.15, 0.2) is 5.75 Å². The largest absolute Gasteiger partial charge is 0.398 e. The Morgan fingerprint density at radius 1 is 1.25 bits per heavy atom. The molecule has 0 unspecified atom stereocenters. The minimum Gasteiger partial charge on any atom is -0.398 e. The molecule has 0 amide bonds. The zero-order chi connectivity index (χ0) is 14.5. The fourth-order valence-electron chi connectivity index (χ4n) is 1.62. The average molecular weight is 271 g/mol. The lowest BCUT2D eigenvalue weighted by Crippen LogP contribution is -1.98. The standard InChI is InChI=1S/C14H13N3O3/c1-10(11-5-3-2-4-6-11)16-20-14-8-12(15)7-13(9-14)17(18)19/h2-9H,15H2,1H3. The average Bonchev–Trinajstić information content (AvgIpc) is 2.45. The molecule has 0 aliphatic rings. The van der Waals surface area contributed by atoms with E-state index in [1.165, 1.54) is 18.2 Å². The molecule has 6 heteroatoms. The number of nitrogens with zero attached hydrogens (tertiary/aromatic N) is 2. The minimum atomic E-state index is -0.531. The van der Waals surface area contributed by atoms with Crippen molar-refractivity contribution in [2.45, 2.75) is 6.92 Å². The fraction of sp³-hybridized carbons (Fsp3) is 0.0714. The summed E-state index contributed by atoms with van der Waals surface area (Å²) in [4.78, 5) is 15.4. The van der Waals surface area contributed by atoms with Crippen molar-refractivity contribution in [1.82, 2.24) is 0 Å². The molecule has 0 radical (unpaired) electrons. The molecular formula is C14H13N3O3. The van der Waals surface area contributed by atoms with E-state index in [0.29, 0.717) is 5.71 Å². The number of oxime groups is 1. The molecule has 0 atom stereocenters. The Hall–Kier alpha value is -2.89. The number of nitrogens with two attached hydrogens (primary N) is 1. The van der Waals surface area contributed by atoms with Gasteiger partial charge in [0.2, 0.25) is 0 Å². The number of nitro benzene ring substituents is 1. The molecule has 2 aromatic carbocycles. The third-order valence-electron chi connectivity index (χ3n) is 2.60. The van der Waals surface area contributed by atoms with Crippen LogP contribution in [0.2, 0.25) is 0 Å². The lowest BCUT2D eigenvalue weighted by atomic mass is 10.1. The summed E-state index contributed by atoms with van der Waals surface area (Å²) in [5.74, 6) is 0.229. The van der Waals surface area contributed by atoms with Gasteiger partial charge in [-0.3, -0.25) is 10.1 Å². The summed E-state index contributed by atoms with van der Waals surface area (Å²) in [6.45, 7) is 1.79. The van der Waals surface area contributed by atoms with Crippen molar-refractivity contribution in [1.29, 1.82) is 0 Å². The molecule has 2 rings (SSSR count). The molecule has 2 aromatic rings. The van der Waals surface area contributed by atoms with Crippen LogP contribution in [0.1, 0.15) is 12.5 Å².